The van der Waals surface area contributed by atoms with Gasteiger partial charge < -0.3 is 9.47 Å². The zero-order valence-corrected chi connectivity index (χ0v) is 16.5. The van der Waals surface area contributed by atoms with Crippen LogP contribution in [0.1, 0.15) is 21.8 Å². The maximum absolute atomic E-state index is 12.0. The van der Waals surface area contributed by atoms with Crippen LogP contribution in [0.4, 0.5) is 0 Å². The number of carbonyl (C=O) groups excluding carboxylic acids is 1. The second kappa shape index (κ2) is 9.18. The van der Waals surface area contributed by atoms with Crippen LogP contribution in [-0.2, 0) is 11.4 Å². The lowest BCUT2D eigenvalue weighted by Crippen LogP contribution is -2.04. The fourth-order valence-electron chi connectivity index (χ4n) is 2.30. The maximum Gasteiger partial charge on any atom is 0.336 e. The molecule has 0 atom stereocenters. The molecule has 0 fully saturated rings. The van der Waals surface area contributed by atoms with Crippen molar-refractivity contribution in [3.8, 4) is 17.6 Å². The van der Waals surface area contributed by atoms with Gasteiger partial charge in [-0.2, -0.15) is 5.26 Å². The number of carbonyl (C=O) groups is 1. The van der Waals surface area contributed by atoms with Crippen LogP contribution in [0.2, 0.25) is 5.02 Å². The van der Waals surface area contributed by atoms with Gasteiger partial charge in [-0.3, -0.25) is 0 Å². The first-order chi connectivity index (χ1) is 13.5. The highest BCUT2D eigenvalue weighted by Gasteiger charge is 2.07. The minimum absolute atomic E-state index is 0.200. The molecule has 0 saturated heterocycles. The van der Waals surface area contributed by atoms with Gasteiger partial charge in [-0.15, -0.1) is 11.3 Å². The number of esters is 1. The minimum atomic E-state index is -0.573. The number of aromatic nitrogens is 1. The van der Waals surface area contributed by atoms with E-state index >= 15 is 0 Å². The molecule has 0 bridgehead atoms. The normalized spacial score (nSPS) is 10.6. The summed E-state index contributed by atoms with van der Waals surface area (Å²) in [5.74, 6) is 0.304. The van der Waals surface area contributed by atoms with Crippen molar-refractivity contribution in [2.24, 2.45) is 0 Å². The van der Waals surface area contributed by atoms with Crippen LogP contribution in [0.5, 0.6) is 11.5 Å². The summed E-state index contributed by atoms with van der Waals surface area (Å²) < 4.78 is 10.9. The van der Waals surface area contributed by atoms with Gasteiger partial charge in [0.05, 0.1) is 27.4 Å². The molecular weight excluding hydrogens is 396 g/mol. The summed E-state index contributed by atoms with van der Waals surface area (Å²) >= 11 is 7.58. The number of nitrogens with zero attached hydrogens (tertiary/aromatic N) is 2. The molecule has 1 aromatic heterocycles. The average molecular weight is 411 g/mol. The number of halogens is 1. The van der Waals surface area contributed by atoms with Gasteiger partial charge >= 0.3 is 5.97 Å². The van der Waals surface area contributed by atoms with E-state index in [1.54, 1.807) is 17.4 Å². The van der Waals surface area contributed by atoms with Crippen molar-refractivity contribution >= 4 is 35.0 Å². The lowest BCUT2D eigenvalue weighted by Gasteiger charge is -2.05. The van der Waals surface area contributed by atoms with Gasteiger partial charge in [0.1, 0.15) is 18.1 Å². The fraction of sp³-hybridized carbons (Fsp3) is 0.0952. The lowest BCUT2D eigenvalue weighted by molar-refractivity contribution is -0.128. The molecular formula is C21H15ClN2O3S. The van der Waals surface area contributed by atoms with E-state index < -0.39 is 5.97 Å². The van der Waals surface area contributed by atoms with Gasteiger partial charge in [-0.25, -0.2) is 9.78 Å². The van der Waals surface area contributed by atoms with E-state index in [0.717, 1.165) is 16.3 Å². The second-order valence-electron chi connectivity index (χ2n) is 5.73. The van der Waals surface area contributed by atoms with Crippen LogP contribution in [0.25, 0.3) is 6.08 Å². The molecule has 0 spiro atoms. The predicted octanol–water partition coefficient (Wildman–Crippen LogP) is 5.17. The van der Waals surface area contributed by atoms with Crippen LogP contribution >= 0.6 is 22.9 Å². The van der Waals surface area contributed by atoms with Crippen molar-refractivity contribution in [1.82, 2.24) is 4.98 Å². The quantitative estimate of drug-likeness (QED) is 0.318. The third-order valence-corrected chi connectivity index (χ3v) is 4.71. The van der Waals surface area contributed by atoms with Crippen molar-refractivity contribution in [1.29, 1.82) is 5.26 Å². The van der Waals surface area contributed by atoms with Gasteiger partial charge in [0.15, 0.2) is 0 Å². The molecule has 0 aliphatic carbocycles. The summed E-state index contributed by atoms with van der Waals surface area (Å²) in [4.78, 5) is 16.4. The van der Waals surface area contributed by atoms with Crippen molar-refractivity contribution in [2.45, 2.75) is 13.5 Å². The van der Waals surface area contributed by atoms with Gasteiger partial charge in [0.25, 0.3) is 0 Å². The summed E-state index contributed by atoms with van der Waals surface area (Å²) in [6, 6.07) is 13.8. The van der Waals surface area contributed by atoms with E-state index in [2.05, 4.69) is 4.98 Å². The number of thiazole rings is 1. The highest BCUT2D eigenvalue weighted by molar-refractivity contribution is 7.09. The SMILES string of the molecule is Cc1nc(COc2cccc(/C=C/C(=O)Oc3ccc(C#N)cc3Cl)c2)cs1. The summed E-state index contributed by atoms with van der Waals surface area (Å²) in [5, 5.41) is 12.0. The van der Waals surface area contributed by atoms with Gasteiger partial charge in [0, 0.05) is 11.5 Å². The Morgan fingerprint density at radius 3 is 2.89 bits per heavy atom. The number of hydrogen-bond donors (Lipinski definition) is 0. The van der Waals surface area contributed by atoms with Crippen LogP contribution < -0.4 is 9.47 Å². The van der Waals surface area contributed by atoms with Crippen LogP contribution in [-0.4, -0.2) is 11.0 Å². The molecule has 0 radical (unpaired) electrons. The summed E-state index contributed by atoms with van der Waals surface area (Å²) in [7, 11) is 0. The zero-order valence-electron chi connectivity index (χ0n) is 14.9. The Morgan fingerprint density at radius 2 is 2.18 bits per heavy atom. The van der Waals surface area contributed by atoms with Gasteiger partial charge in [-0.1, -0.05) is 23.7 Å². The first-order valence-corrected chi connectivity index (χ1v) is 9.52. The molecule has 7 heteroatoms. The monoisotopic (exact) mass is 410 g/mol. The van der Waals surface area contributed by atoms with Crippen LogP contribution in [0.3, 0.4) is 0 Å². The Morgan fingerprint density at radius 1 is 1.32 bits per heavy atom. The molecule has 0 amide bonds. The first-order valence-electron chi connectivity index (χ1n) is 8.27. The highest BCUT2D eigenvalue weighted by atomic mass is 35.5. The smallest absolute Gasteiger partial charge is 0.336 e. The summed E-state index contributed by atoms with van der Waals surface area (Å²) in [6.45, 7) is 2.33. The molecule has 0 saturated carbocycles. The molecule has 3 aromatic rings. The number of rotatable bonds is 6. The number of nitriles is 1. The van der Waals surface area contributed by atoms with Crippen LogP contribution in [0.15, 0.2) is 53.9 Å². The Balaban J connectivity index is 1.60. The molecule has 0 aliphatic rings. The number of ether oxygens (including phenoxy) is 2. The minimum Gasteiger partial charge on any atom is -0.487 e. The average Bonchev–Trinajstić information content (AvgIpc) is 3.12. The molecule has 1 heterocycles. The molecule has 5 nitrogen and oxygen atoms in total. The van der Waals surface area contributed by atoms with Crippen LogP contribution in [0, 0.1) is 18.3 Å². The molecule has 0 N–H and O–H groups in total. The molecule has 0 aliphatic heterocycles. The highest BCUT2D eigenvalue weighted by Crippen LogP contribution is 2.25. The van der Waals surface area contributed by atoms with Crippen molar-refractivity contribution in [3.63, 3.8) is 0 Å². The molecule has 2 aromatic carbocycles. The summed E-state index contributed by atoms with van der Waals surface area (Å²) in [6.07, 6.45) is 2.93. The first kappa shape index (κ1) is 19.6. The standard InChI is InChI=1S/C21H15ClN2O3S/c1-14-24-17(13-28-14)12-26-18-4-2-3-15(9-18)6-8-21(25)27-20-7-5-16(11-23)10-19(20)22/h2-10,13H,12H2,1H3/b8-6+. The van der Waals surface area contributed by atoms with Crippen molar-refractivity contribution in [3.05, 3.63) is 80.8 Å². The number of hydrogen-bond acceptors (Lipinski definition) is 6. The predicted molar refractivity (Wildman–Crippen MR) is 108 cm³/mol. The molecule has 140 valence electrons. The van der Waals surface area contributed by atoms with E-state index in [4.69, 9.17) is 26.3 Å². The Hall–Kier alpha value is -3.14. The Kier molecular flexibility index (Phi) is 6.43. The second-order valence-corrected chi connectivity index (χ2v) is 7.20. The third kappa shape index (κ3) is 5.43. The maximum atomic E-state index is 12.0. The largest absolute Gasteiger partial charge is 0.487 e. The van der Waals surface area contributed by atoms with Crippen molar-refractivity contribution in [2.75, 3.05) is 0 Å². The van der Waals surface area contributed by atoms with E-state index in [-0.39, 0.29) is 10.8 Å². The van der Waals surface area contributed by atoms with E-state index in [1.165, 1.54) is 24.3 Å². The van der Waals surface area contributed by atoms with Gasteiger partial charge in [0.2, 0.25) is 0 Å². The molecule has 3 rings (SSSR count). The fourth-order valence-corrected chi connectivity index (χ4v) is 3.12. The summed E-state index contributed by atoms with van der Waals surface area (Å²) in [5.41, 5.74) is 2.06. The number of benzene rings is 2. The van der Waals surface area contributed by atoms with Crippen molar-refractivity contribution < 1.29 is 14.3 Å². The number of aryl methyl sites for hydroxylation is 1. The molecule has 0 unspecified atom stereocenters. The third-order valence-electron chi connectivity index (χ3n) is 3.59. The van der Waals surface area contributed by atoms with E-state index in [0.29, 0.717) is 17.9 Å². The lowest BCUT2D eigenvalue weighted by atomic mass is 10.2. The van der Waals surface area contributed by atoms with Gasteiger partial charge in [-0.05, 0) is 48.9 Å². The Labute approximate surface area is 171 Å². The Bertz CT molecular complexity index is 1070. The topological polar surface area (TPSA) is 72.2 Å². The zero-order chi connectivity index (χ0) is 19.9. The van der Waals surface area contributed by atoms with E-state index in [1.807, 2.05) is 42.6 Å². The molecule has 28 heavy (non-hydrogen) atoms. The van der Waals surface area contributed by atoms with E-state index in [9.17, 15) is 4.79 Å².